The van der Waals surface area contributed by atoms with Gasteiger partial charge >= 0.3 is 5.97 Å². The molecule has 0 saturated carbocycles. The Morgan fingerprint density at radius 1 is 1.33 bits per heavy atom. The molecule has 0 unspecified atom stereocenters. The van der Waals surface area contributed by atoms with E-state index in [-0.39, 0.29) is 12.5 Å². The third-order valence-corrected chi connectivity index (χ3v) is 6.46. The van der Waals surface area contributed by atoms with Crippen molar-refractivity contribution in [3.05, 3.63) is 51.2 Å². The van der Waals surface area contributed by atoms with E-state index in [1.165, 1.54) is 28.2 Å². The number of aryl methyl sites for hydroxylation is 1. The summed E-state index contributed by atoms with van der Waals surface area (Å²) in [6.07, 6.45) is 4.21. The van der Waals surface area contributed by atoms with Crippen LogP contribution in [-0.4, -0.2) is 18.5 Å². The summed E-state index contributed by atoms with van der Waals surface area (Å²) in [6.45, 7) is 6.21. The van der Waals surface area contributed by atoms with Crippen LogP contribution >= 0.6 is 11.3 Å². The lowest BCUT2D eigenvalue weighted by Crippen LogP contribution is -2.21. The van der Waals surface area contributed by atoms with Crippen molar-refractivity contribution in [2.75, 3.05) is 11.9 Å². The van der Waals surface area contributed by atoms with Crippen LogP contribution in [0.3, 0.4) is 0 Å². The van der Waals surface area contributed by atoms with E-state index in [0.717, 1.165) is 30.5 Å². The number of anilines is 1. The lowest BCUT2D eigenvalue weighted by Gasteiger charge is -2.16. The minimum absolute atomic E-state index is 0.271. The number of amides is 1. The maximum Gasteiger partial charge on any atom is 0.348 e. The van der Waals surface area contributed by atoms with Gasteiger partial charge in [-0.2, -0.15) is 0 Å². The highest BCUT2D eigenvalue weighted by atomic mass is 32.1. The number of thiophene rings is 1. The van der Waals surface area contributed by atoms with Gasteiger partial charge in [-0.25, -0.2) is 4.79 Å². The van der Waals surface area contributed by atoms with Crippen molar-refractivity contribution in [1.29, 1.82) is 0 Å². The normalized spacial score (nSPS) is 17.1. The van der Waals surface area contributed by atoms with Crippen molar-refractivity contribution in [3.8, 4) is 0 Å². The molecule has 4 nitrogen and oxygen atoms in total. The molecule has 1 heterocycles. The summed E-state index contributed by atoms with van der Waals surface area (Å²) in [5, 5.41) is 2.87. The number of ether oxygens (including phenoxy) is 1. The van der Waals surface area contributed by atoms with E-state index in [0.29, 0.717) is 16.7 Å². The largest absolute Gasteiger partial charge is 0.451 e. The standard InChI is InChI=1S/C22H27NO3S/c1-4-15(3)17-7-5-6-8-18(17)23-21(24)13-26-22(25)20-12-16-11-14(2)9-10-19(16)27-20/h5-8,12,14-15H,4,9-11,13H2,1-3H3,(H,23,24)/t14-,15+/m0/s1. The highest BCUT2D eigenvalue weighted by molar-refractivity contribution is 7.14. The number of rotatable bonds is 6. The summed E-state index contributed by atoms with van der Waals surface area (Å²) >= 11 is 1.50. The fourth-order valence-electron chi connectivity index (χ4n) is 3.46. The molecule has 0 bridgehead atoms. The first-order chi connectivity index (χ1) is 13.0. The molecule has 5 heteroatoms. The van der Waals surface area contributed by atoms with E-state index < -0.39 is 5.97 Å². The van der Waals surface area contributed by atoms with Gasteiger partial charge in [-0.15, -0.1) is 11.3 Å². The van der Waals surface area contributed by atoms with E-state index >= 15 is 0 Å². The lowest BCUT2D eigenvalue weighted by molar-refractivity contribution is -0.119. The van der Waals surface area contributed by atoms with E-state index in [9.17, 15) is 9.59 Å². The zero-order valence-corrected chi connectivity index (χ0v) is 17.0. The molecule has 1 aliphatic carbocycles. The molecule has 1 aliphatic rings. The molecular weight excluding hydrogens is 358 g/mol. The Bertz CT molecular complexity index is 827. The molecule has 3 rings (SSSR count). The van der Waals surface area contributed by atoms with Crippen LogP contribution in [0.4, 0.5) is 5.69 Å². The smallest absolute Gasteiger partial charge is 0.348 e. The Balaban J connectivity index is 1.58. The van der Waals surface area contributed by atoms with Gasteiger partial charge in [-0.1, -0.05) is 39.0 Å². The van der Waals surface area contributed by atoms with Gasteiger partial charge in [0.1, 0.15) is 4.88 Å². The second kappa shape index (κ2) is 8.70. The quantitative estimate of drug-likeness (QED) is 0.697. The van der Waals surface area contributed by atoms with Crippen LogP contribution in [0.25, 0.3) is 0 Å². The molecule has 0 aliphatic heterocycles. The molecule has 1 aromatic heterocycles. The van der Waals surface area contributed by atoms with Crippen LogP contribution in [0.2, 0.25) is 0 Å². The number of hydrogen-bond donors (Lipinski definition) is 1. The average molecular weight is 386 g/mol. The number of para-hydroxylation sites is 1. The molecule has 1 aromatic carbocycles. The van der Waals surface area contributed by atoms with Crippen molar-refractivity contribution >= 4 is 28.9 Å². The zero-order chi connectivity index (χ0) is 19.4. The van der Waals surface area contributed by atoms with E-state index in [1.54, 1.807) is 0 Å². The summed E-state index contributed by atoms with van der Waals surface area (Å²) in [6, 6.07) is 9.71. The third-order valence-electron chi connectivity index (χ3n) is 5.24. The predicted octanol–water partition coefficient (Wildman–Crippen LogP) is 5.18. The molecule has 0 saturated heterocycles. The molecule has 2 aromatic rings. The van der Waals surface area contributed by atoms with Gasteiger partial charge in [0.25, 0.3) is 5.91 Å². The predicted molar refractivity (Wildman–Crippen MR) is 110 cm³/mol. The summed E-state index contributed by atoms with van der Waals surface area (Å²) < 4.78 is 5.25. The molecule has 144 valence electrons. The second-order valence-corrected chi connectivity index (χ2v) is 8.56. The van der Waals surface area contributed by atoms with Crippen molar-refractivity contribution in [2.45, 2.75) is 52.4 Å². The first-order valence-corrected chi connectivity index (χ1v) is 10.5. The molecule has 0 spiro atoms. The number of esters is 1. The molecule has 27 heavy (non-hydrogen) atoms. The summed E-state index contributed by atoms with van der Waals surface area (Å²) in [7, 11) is 0. The minimum Gasteiger partial charge on any atom is -0.451 e. The van der Waals surface area contributed by atoms with Crippen LogP contribution < -0.4 is 5.32 Å². The fourth-order valence-corrected chi connectivity index (χ4v) is 4.56. The summed E-state index contributed by atoms with van der Waals surface area (Å²) in [5.74, 6) is 0.290. The number of carbonyl (C=O) groups is 2. The molecule has 1 N–H and O–H groups in total. The minimum atomic E-state index is -0.410. The topological polar surface area (TPSA) is 55.4 Å². The number of carbonyl (C=O) groups excluding carboxylic acids is 2. The SMILES string of the molecule is CC[C@@H](C)c1ccccc1NC(=O)COC(=O)c1cc2c(s1)CC[C@H](C)C2. The van der Waals surface area contributed by atoms with Crippen LogP contribution in [0.1, 0.15) is 65.2 Å². The summed E-state index contributed by atoms with van der Waals surface area (Å²) in [4.78, 5) is 26.5. The number of fused-ring (bicyclic) bond motifs is 1. The molecule has 2 atom stereocenters. The monoisotopic (exact) mass is 385 g/mol. The Morgan fingerprint density at radius 3 is 2.89 bits per heavy atom. The van der Waals surface area contributed by atoms with Gasteiger partial charge in [0.15, 0.2) is 6.61 Å². The number of nitrogens with one attached hydrogen (secondary N) is 1. The van der Waals surface area contributed by atoms with Crippen molar-refractivity contribution in [2.24, 2.45) is 5.92 Å². The number of hydrogen-bond acceptors (Lipinski definition) is 4. The lowest BCUT2D eigenvalue weighted by atomic mass is 9.90. The Morgan fingerprint density at radius 2 is 2.11 bits per heavy atom. The first kappa shape index (κ1) is 19.6. The molecule has 0 fully saturated rings. The van der Waals surface area contributed by atoms with Crippen LogP contribution in [0, 0.1) is 5.92 Å². The van der Waals surface area contributed by atoms with Gasteiger partial charge in [0.2, 0.25) is 0 Å². The van der Waals surface area contributed by atoms with Crippen molar-refractivity contribution in [3.63, 3.8) is 0 Å². The highest BCUT2D eigenvalue weighted by Crippen LogP contribution is 2.32. The Hall–Kier alpha value is -2.14. The first-order valence-electron chi connectivity index (χ1n) is 9.65. The highest BCUT2D eigenvalue weighted by Gasteiger charge is 2.22. The maximum atomic E-state index is 12.3. The zero-order valence-electron chi connectivity index (χ0n) is 16.2. The van der Waals surface area contributed by atoms with Crippen LogP contribution in [0.15, 0.2) is 30.3 Å². The van der Waals surface area contributed by atoms with Gasteiger partial charge in [-0.3, -0.25) is 4.79 Å². The van der Waals surface area contributed by atoms with Gasteiger partial charge in [0.05, 0.1) is 0 Å². The average Bonchev–Trinajstić information content (AvgIpc) is 3.09. The molecular formula is C22H27NO3S. The van der Waals surface area contributed by atoms with E-state index in [2.05, 4.69) is 26.1 Å². The molecule has 0 radical (unpaired) electrons. The van der Waals surface area contributed by atoms with Crippen molar-refractivity contribution in [1.82, 2.24) is 0 Å². The Kier molecular flexibility index (Phi) is 6.32. The van der Waals surface area contributed by atoms with Gasteiger partial charge in [0, 0.05) is 10.6 Å². The van der Waals surface area contributed by atoms with Crippen molar-refractivity contribution < 1.29 is 14.3 Å². The van der Waals surface area contributed by atoms with Crippen LogP contribution in [0.5, 0.6) is 0 Å². The second-order valence-electron chi connectivity index (χ2n) is 7.43. The van der Waals surface area contributed by atoms with E-state index in [1.807, 2.05) is 30.3 Å². The maximum absolute atomic E-state index is 12.3. The van der Waals surface area contributed by atoms with Gasteiger partial charge in [-0.05, 0) is 60.8 Å². The molecule has 1 amide bonds. The summed E-state index contributed by atoms with van der Waals surface area (Å²) in [5.41, 5.74) is 3.14. The Labute approximate surface area is 164 Å². The van der Waals surface area contributed by atoms with E-state index in [4.69, 9.17) is 4.74 Å². The third kappa shape index (κ3) is 4.78. The van der Waals surface area contributed by atoms with Crippen LogP contribution in [-0.2, 0) is 22.4 Å². The fraction of sp³-hybridized carbons (Fsp3) is 0.455. The number of benzene rings is 1. The van der Waals surface area contributed by atoms with Gasteiger partial charge < -0.3 is 10.1 Å².